The van der Waals surface area contributed by atoms with E-state index in [-0.39, 0.29) is 17.9 Å². The summed E-state index contributed by atoms with van der Waals surface area (Å²) >= 11 is 0. The first kappa shape index (κ1) is 17.5. The van der Waals surface area contributed by atoms with Crippen LogP contribution < -0.4 is 10.6 Å². The first-order valence-corrected chi connectivity index (χ1v) is 9.42. The molecule has 4 rings (SSSR count). The zero-order valence-corrected chi connectivity index (χ0v) is 15.4. The van der Waals surface area contributed by atoms with Crippen molar-refractivity contribution in [3.8, 4) is 11.3 Å². The summed E-state index contributed by atoms with van der Waals surface area (Å²) in [5.74, 6) is 1.27. The lowest BCUT2D eigenvalue weighted by molar-refractivity contribution is -0.117. The molecule has 1 heterocycles. The number of nitrogens with one attached hydrogen (secondary N) is 3. The largest absolute Gasteiger partial charge is 0.341 e. The molecule has 1 saturated carbocycles. The number of benzene rings is 2. The van der Waals surface area contributed by atoms with Gasteiger partial charge in [-0.05, 0) is 43.0 Å². The van der Waals surface area contributed by atoms with Gasteiger partial charge in [0.05, 0.1) is 18.4 Å². The number of imidazole rings is 1. The summed E-state index contributed by atoms with van der Waals surface area (Å²) in [6.07, 6.45) is 3.90. The molecule has 1 aliphatic rings. The van der Waals surface area contributed by atoms with Crippen molar-refractivity contribution in [1.29, 1.82) is 0 Å². The second-order valence-electron chi connectivity index (χ2n) is 7.10. The Balaban J connectivity index is 1.32. The fourth-order valence-corrected chi connectivity index (χ4v) is 3.03. The summed E-state index contributed by atoms with van der Waals surface area (Å²) in [5.41, 5.74) is 4.19. The maximum Gasteiger partial charge on any atom is 0.227 e. The van der Waals surface area contributed by atoms with Crippen LogP contribution >= 0.6 is 0 Å². The van der Waals surface area contributed by atoms with E-state index in [9.17, 15) is 4.79 Å². The molecule has 3 aromatic rings. The first-order valence-electron chi connectivity index (χ1n) is 9.42. The third kappa shape index (κ3) is 4.44. The van der Waals surface area contributed by atoms with E-state index in [1.807, 2.05) is 36.5 Å². The number of anilines is 1. The standard InChI is InChI=1S/C22H24N4O/c1-15(16-9-11-19(12-10-16)25-22(27)18-7-8-18)23-14-21-24-13-20(26-21)17-5-3-2-4-6-17/h2-6,9-13,15,18,23H,7-8,14H2,1H3,(H,24,26)(H,25,27). The minimum Gasteiger partial charge on any atom is -0.341 e. The molecule has 5 nitrogen and oxygen atoms in total. The quantitative estimate of drug-likeness (QED) is 0.589. The van der Waals surface area contributed by atoms with E-state index >= 15 is 0 Å². The van der Waals surface area contributed by atoms with E-state index in [1.54, 1.807) is 0 Å². The Bertz CT molecular complexity index is 898. The van der Waals surface area contributed by atoms with Crippen LogP contribution in [0.15, 0.2) is 60.8 Å². The van der Waals surface area contributed by atoms with Gasteiger partial charge in [-0.3, -0.25) is 4.79 Å². The summed E-state index contributed by atoms with van der Waals surface area (Å²) in [6.45, 7) is 2.78. The fraction of sp³-hybridized carbons (Fsp3) is 0.273. The second-order valence-corrected chi connectivity index (χ2v) is 7.10. The first-order chi connectivity index (χ1) is 13.2. The number of hydrogen-bond acceptors (Lipinski definition) is 3. The van der Waals surface area contributed by atoms with Gasteiger partial charge >= 0.3 is 0 Å². The maximum atomic E-state index is 11.8. The molecule has 0 radical (unpaired) electrons. The molecule has 1 aliphatic carbocycles. The van der Waals surface area contributed by atoms with E-state index in [1.165, 1.54) is 5.56 Å². The van der Waals surface area contributed by atoms with Crippen molar-refractivity contribution in [3.05, 3.63) is 72.2 Å². The normalized spacial score (nSPS) is 14.7. The zero-order chi connectivity index (χ0) is 18.6. The number of amides is 1. The average Bonchev–Trinajstić information content (AvgIpc) is 3.46. The number of aromatic amines is 1. The molecular formula is C22H24N4O. The Kier molecular flexibility index (Phi) is 5.03. The summed E-state index contributed by atoms with van der Waals surface area (Å²) in [7, 11) is 0. The molecule has 1 unspecified atom stereocenters. The molecule has 1 atom stereocenters. The summed E-state index contributed by atoms with van der Waals surface area (Å²) < 4.78 is 0. The van der Waals surface area contributed by atoms with Gasteiger partial charge in [0, 0.05) is 17.6 Å². The second kappa shape index (κ2) is 7.76. The lowest BCUT2D eigenvalue weighted by Gasteiger charge is -2.14. The smallest absolute Gasteiger partial charge is 0.227 e. The lowest BCUT2D eigenvalue weighted by Crippen LogP contribution is -2.19. The average molecular weight is 360 g/mol. The molecular weight excluding hydrogens is 336 g/mol. The molecule has 1 fully saturated rings. The molecule has 5 heteroatoms. The number of H-pyrrole nitrogens is 1. The Morgan fingerprint density at radius 2 is 1.89 bits per heavy atom. The predicted molar refractivity (Wildman–Crippen MR) is 107 cm³/mol. The van der Waals surface area contributed by atoms with Gasteiger partial charge in [0.25, 0.3) is 0 Å². The SMILES string of the molecule is CC(NCc1ncc(-c2ccccc2)[nH]1)c1ccc(NC(=O)C2CC2)cc1. The van der Waals surface area contributed by atoms with Crippen LogP contribution in [0.4, 0.5) is 5.69 Å². The van der Waals surface area contributed by atoms with Crippen molar-refractivity contribution in [2.24, 2.45) is 5.92 Å². The molecule has 1 aromatic heterocycles. The Morgan fingerprint density at radius 1 is 1.15 bits per heavy atom. The maximum absolute atomic E-state index is 11.8. The highest BCUT2D eigenvalue weighted by Gasteiger charge is 2.29. The van der Waals surface area contributed by atoms with E-state index in [0.29, 0.717) is 6.54 Å². The van der Waals surface area contributed by atoms with E-state index < -0.39 is 0 Å². The van der Waals surface area contributed by atoms with Crippen molar-refractivity contribution in [2.75, 3.05) is 5.32 Å². The minimum absolute atomic E-state index is 0.140. The van der Waals surface area contributed by atoms with Gasteiger partial charge in [0.1, 0.15) is 5.82 Å². The predicted octanol–water partition coefficient (Wildman–Crippen LogP) is 4.28. The van der Waals surface area contributed by atoms with Gasteiger partial charge in [0.2, 0.25) is 5.91 Å². The summed E-state index contributed by atoms with van der Waals surface area (Å²) in [4.78, 5) is 19.6. The molecule has 27 heavy (non-hydrogen) atoms. The Hall–Kier alpha value is -2.92. The molecule has 2 aromatic carbocycles. The third-order valence-electron chi connectivity index (χ3n) is 4.92. The van der Waals surface area contributed by atoms with Gasteiger partial charge in [-0.25, -0.2) is 4.98 Å². The van der Waals surface area contributed by atoms with E-state index in [2.05, 4.69) is 51.8 Å². The highest BCUT2D eigenvalue weighted by Crippen LogP contribution is 2.30. The van der Waals surface area contributed by atoms with Gasteiger partial charge in [-0.2, -0.15) is 0 Å². The van der Waals surface area contributed by atoms with Crippen molar-refractivity contribution >= 4 is 11.6 Å². The van der Waals surface area contributed by atoms with Crippen LogP contribution in [0.3, 0.4) is 0 Å². The number of aromatic nitrogens is 2. The fourth-order valence-electron chi connectivity index (χ4n) is 3.03. The van der Waals surface area contributed by atoms with Crippen molar-refractivity contribution in [3.63, 3.8) is 0 Å². The number of carbonyl (C=O) groups is 1. The number of rotatable bonds is 7. The van der Waals surface area contributed by atoms with Crippen molar-refractivity contribution in [2.45, 2.75) is 32.4 Å². The van der Waals surface area contributed by atoms with Gasteiger partial charge < -0.3 is 15.6 Å². The van der Waals surface area contributed by atoms with Crippen LogP contribution in [0, 0.1) is 5.92 Å². The molecule has 3 N–H and O–H groups in total. The van der Waals surface area contributed by atoms with Crippen LogP contribution in [0.2, 0.25) is 0 Å². The Labute approximate surface area is 159 Å². The zero-order valence-electron chi connectivity index (χ0n) is 15.4. The summed E-state index contributed by atoms with van der Waals surface area (Å²) in [5, 5.41) is 6.46. The van der Waals surface area contributed by atoms with Gasteiger partial charge in [0.15, 0.2) is 0 Å². The van der Waals surface area contributed by atoms with Crippen molar-refractivity contribution < 1.29 is 4.79 Å². The van der Waals surface area contributed by atoms with E-state index in [4.69, 9.17) is 0 Å². The third-order valence-corrected chi connectivity index (χ3v) is 4.92. The van der Waals surface area contributed by atoms with Crippen LogP contribution in [-0.4, -0.2) is 15.9 Å². The molecule has 0 aliphatic heterocycles. The van der Waals surface area contributed by atoms with Crippen LogP contribution in [-0.2, 0) is 11.3 Å². The van der Waals surface area contributed by atoms with E-state index in [0.717, 1.165) is 35.6 Å². The number of carbonyl (C=O) groups excluding carboxylic acids is 1. The molecule has 0 spiro atoms. The topological polar surface area (TPSA) is 69.8 Å². The highest BCUT2D eigenvalue weighted by atomic mass is 16.2. The van der Waals surface area contributed by atoms with Crippen LogP contribution in [0.1, 0.15) is 37.2 Å². The Morgan fingerprint density at radius 3 is 2.59 bits per heavy atom. The van der Waals surface area contributed by atoms with Gasteiger partial charge in [-0.15, -0.1) is 0 Å². The molecule has 1 amide bonds. The molecule has 0 bridgehead atoms. The number of nitrogens with zero attached hydrogens (tertiary/aromatic N) is 1. The van der Waals surface area contributed by atoms with Crippen LogP contribution in [0.5, 0.6) is 0 Å². The highest BCUT2D eigenvalue weighted by molar-refractivity contribution is 5.94. The minimum atomic E-state index is 0.140. The monoisotopic (exact) mass is 360 g/mol. The molecule has 0 saturated heterocycles. The van der Waals surface area contributed by atoms with Gasteiger partial charge in [-0.1, -0.05) is 42.5 Å². The number of hydrogen-bond donors (Lipinski definition) is 3. The summed E-state index contributed by atoms with van der Waals surface area (Å²) in [6, 6.07) is 18.4. The van der Waals surface area contributed by atoms with Crippen LogP contribution in [0.25, 0.3) is 11.3 Å². The molecule has 138 valence electrons. The lowest BCUT2D eigenvalue weighted by atomic mass is 10.1. The van der Waals surface area contributed by atoms with Crippen molar-refractivity contribution in [1.82, 2.24) is 15.3 Å².